The number of hydrogen-bond donors (Lipinski definition) is 0. The largest absolute Gasteiger partial charge is 0.451 e. The first-order chi connectivity index (χ1) is 13.0. The molecule has 0 saturated carbocycles. The molecule has 3 rings (SSSR count). The average Bonchev–Trinajstić information content (AvgIpc) is 3.02. The molecule has 0 radical (unpaired) electrons. The maximum absolute atomic E-state index is 14.0. The van der Waals surface area contributed by atoms with Crippen molar-refractivity contribution in [2.24, 2.45) is 0 Å². The fraction of sp³-hybridized carbons (Fsp3) is 0.150. The lowest BCUT2D eigenvalue weighted by Gasteiger charge is -2.19. The standard InChI is InChI=1S/C20H15FN2O3S/c1-13-18-15(21)8-5-9-16(18)27-19(13)20(25)26-12-17(24)23(11-10-22)14-6-3-2-4-7-14/h2-9H,11-12H2,1H3. The summed E-state index contributed by atoms with van der Waals surface area (Å²) < 4.78 is 19.8. The molecule has 0 aliphatic rings. The Kier molecular flexibility index (Phi) is 5.48. The van der Waals surface area contributed by atoms with Crippen LogP contribution in [0.5, 0.6) is 0 Å². The first-order valence-electron chi connectivity index (χ1n) is 8.10. The van der Waals surface area contributed by atoms with Gasteiger partial charge in [0.15, 0.2) is 6.61 Å². The molecule has 0 bridgehead atoms. The Morgan fingerprint density at radius 2 is 1.93 bits per heavy atom. The minimum Gasteiger partial charge on any atom is -0.451 e. The molecular formula is C20H15FN2O3S. The van der Waals surface area contributed by atoms with Crippen molar-refractivity contribution in [3.8, 4) is 6.07 Å². The number of hydrogen-bond acceptors (Lipinski definition) is 5. The maximum atomic E-state index is 14.0. The highest BCUT2D eigenvalue weighted by molar-refractivity contribution is 7.21. The molecule has 7 heteroatoms. The van der Waals surface area contributed by atoms with Crippen LogP contribution < -0.4 is 4.90 Å². The zero-order chi connectivity index (χ0) is 19.4. The van der Waals surface area contributed by atoms with Crippen LogP contribution in [0, 0.1) is 24.1 Å². The predicted octanol–water partition coefficient (Wildman–Crippen LogP) is 4.06. The second-order valence-corrected chi connectivity index (χ2v) is 6.77. The molecule has 0 fully saturated rings. The molecule has 136 valence electrons. The molecule has 0 atom stereocenters. The molecule has 0 aliphatic heterocycles. The Labute approximate surface area is 159 Å². The van der Waals surface area contributed by atoms with Crippen LogP contribution in [-0.4, -0.2) is 25.0 Å². The van der Waals surface area contributed by atoms with Gasteiger partial charge < -0.3 is 4.74 Å². The average molecular weight is 382 g/mol. The molecule has 27 heavy (non-hydrogen) atoms. The number of benzene rings is 2. The van der Waals surface area contributed by atoms with Gasteiger partial charge in [0.25, 0.3) is 5.91 Å². The number of para-hydroxylation sites is 1. The van der Waals surface area contributed by atoms with Gasteiger partial charge in [-0.15, -0.1) is 11.3 Å². The molecule has 3 aromatic rings. The summed E-state index contributed by atoms with van der Waals surface area (Å²) in [6.45, 7) is 0.978. The molecule has 0 unspecified atom stereocenters. The Bertz CT molecular complexity index is 1040. The van der Waals surface area contributed by atoms with E-state index in [-0.39, 0.29) is 11.4 Å². The highest BCUT2D eigenvalue weighted by atomic mass is 32.1. The molecule has 1 heterocycles. The maximum Gasteiger partial charge on any atom is 0.349 e. The summed E-state index contributed by atoms with van der Waals surface area (Å²) in [6, 6.07) is 15.2. The number of esters is 1. The number of thiophene rings is 1. The number of amides is 1. The Balaban J connectivity index is 1.75. The number of rotatable bonds is 5. The van der Waals surface area contributed by atoms with E-state index < -0.39 is 24.3 Å². The van der Waals surface area contributed by atoms with E-state index in [4.69, 9.17) is 10.00 Å². The lowest BCUT2D eigenvalue weighted by atomic mass is 10.1. The minimum absolute atomic E-state index is 0.159. The van der Waals surface area contributed by atoms with Crippen LogP contribution in [0.15, 0.2) is 48.5 Å². The second kappa shape index (κ2) is 7.98. The lowest BCUT2D eigenvalue weighted by Crippen LogP contribution is -2.35. The predicted molar refractivity (Wildman–Crippen MR) is 101 cm³/mol. The molecule has 1 aromatic heterocycles. The first-order valence-corrected chi connectivity index (χ1v) is 8.91. The number of anilines is 1. The third-order valence-electron chi connectivity index (χ3n) is 4.01. The van der Waals surface area contributed by atoms with Gasteiger partial charge in [-0.1, -0.05) is 24.3 Å². The summed E-state index contributed by atoms with van der Waals surface area (Å²) in [5, 5.41) is 9.35. The van der Waals surface area contributed by atoms with E-state index in [1.165, 1.54) is 11.0 Å². The number of carbonyl (C=O) groups is 2. The SMILES string of the molecule is Cc1c(C(=O)OCC(=O)N(CC#N)c2ccccc2)sc2cccc(F)c12. The van der Waals surface area contributed by atoms with Crippen LogP contribution in [-0.2, 0) is 9.53 Å². The topological polar surface area (TPSA) is 70.4 Å². The van der Waals surface area contributed by atoms with E-state index in [1.807, 2.05) is 6.07 Å². The van der Waals surface area contributed by atoms with E-state index in [0.717, 1.165) is 11.3 Å². The molecule has 0 N–H and O–H groups in total. The lowest BCUT2D eigenvalue weighted by molar-refractivity contribution is -0.121. The van der Waals surface area contributed by atoms with Gasteiger partial charge in [0, 0.05) is 15.8 Å². The van der Waals surface area contributed by atoms with E-state index >= 15 is 0 Å². The Morgan fingerprint density at radius 3 is 2.59 bits per heavy atom. The molecule has 2 aromatic carbocycles. The van der Waals surface area contributed by atoms with Crippen molar-refractivity contribution in [2.75, 3.05) is 18.1 Å². The Morgan fingerprint density at radius 1 is 1.19 bits per heavy atom. The molecule has 0 saturated heterocycles. The molecule has 1 amide bonds. The van der Waals surface area contributed by atoms with Crippen molar-refractivity contribution in [3.63, 3.8) is 0 Å². The summed E-state index contributed by atoms with van der Waals surface area (Å²) >= 11 is 1.12. The van der Waals surface area contributed by atoms with Crippen molar-refractivity contribution < 1.29 is 18.7 Å². The van der Waals surface area contributed by atoms with Gasteiger partial charge in [0.2, 0.25) is 0 Å². The van der Waals surface area contributed by atoms with Crippen molar-refractivity contribution in [1.29, 1.82) is 5.26 Å². The minimum atomic E-state index is -0.689. The van der Waals surface area contributed by atoms with Crippen LogP contribution in [0.3, 0.4) is 0 Å². The van der Waals surface area contributed by atoms with E-state index in [9.17, 15) is 14.0 Å². The fourth-order valence-corrected chi connectivity index (χ4v) is 3.84. The van der Waals surface area contributed by atoms with Crippen molar-refractivity contribution in [3.05, 3.63) is 64.8 Å². The van der Waals surface area contributed by atoms with Gasteiger partial charge in [-0.25, -0.2) is 9.18 Å². The van der Waals surface area contributed by atoms with Crippen LogP contribution in [0.2, 0.25) is 0 Å². The normalized spacial score (nSPS) is 10.4. The van der Waals surface area contributed by atoms with E-state index in [2.05, 4.69) is 0 Å². The summed E-state index contributed by atoms with van der Waals surface area (Å²) in [6.07, 6.45) is 0. The third kappa shape index (κ3) is 3.81. The monoisotopic (exact) mass is 382 g/mol. The number of aryl methyl sites for hydroxylation is 1. The Hall–Kier alpha value is -3.24. The fourth-order valence-electron chi connectivity index (χ4n) is 2.72. The molecule has 0 aliphatic carbocycles. The summed E-state index contributed by atoms with van der Waals surface area (Å²) in [7, 11) is 0. The van der Waals surface area contributed by atoms with Gasteiger partial charge in [0.1, 0.15) is 17.2 Å². The second-order valence-electron chi connectivity index (χ2n) is 5.72. The number of carbonyl (C=O) groups excluding carboxylic acids is 2. The van der Waals surface area contributed by atoms with Crippen LogP contribution in [0.4, 0.5) is 10.1 Å². The van der Waals surface area contributed by atoms with Crippen LogP contribution >= 0.6 is 11.3 Å². The molecule has 5 nitrogen and oxygen atoms in total. The number of fused-ring (bicyclic) bond motifs is 1. The van der Waals surface area contributed by atoms with Gasteiger partial charge in [-0.05, 0) is 36.8 Å². The van der Waals surface area contributed by atoms with Gasteiger partial charge >= 0.3 is 5.97 Å². The van der Waals surface area contributed by atoms with Gasteiger partial charge in [-0.2, -0.15) is 5.26 Å². The third-order valence-corrected chi connectivity index (χ3v) is 5.25. The smallest absolute Gasteiger partial charge is 0.349 e. The first kappa shape index (κ1) is 18.5. The van der Waals surface area contributed by atoms with Crippen molar-refractivity contribution >= 4 is 39.0 Å². The summed E-state index contributed by atoms with van der Waals surface area (Å²) in [4.78, 5) is 26.3. The number of nitriles is 1. The molecular weight excluding hydrogens is 367 g/mol. The molecule has 0 spiro atoms. The highest BCUT2D eigenvalue weighted by Gasteiger charge is 2.22. The highest BCUT2D eigenvalue weighted by Crippen LogP contribution is 2.33. The van der Waals surface area contributed by atoms with Crippen molar-refractivity contribution in [1.82, 2.24) is 0 Å². The zero-order valence-electron chi connectivity index (χ0n) is 14.4. The van der Waals surface area contributed by atoms with E-state index in [0.29, 0.717) is 21.3 Å². The van der Waals surface area contributed by atoms with Crippen LogP contribution in [0.25, 0.3) is 10.1 Å². The van der Waals surface area contributed by atoms with Crippen molar-refractivity contribution in [2.45, 2.75) is 6.92 Å². The number of ether oxygens (including phenoxy) is 1. The quantitative estimate of drug-likeness (QED) is 0.493. The van der Waals surface area contributed by atoms with E-state index in [1.54, 1.807) is 49.4 Å². The summed E-state index contributed by atoms with van der Waals surface area (Å²) in [5.41, 5.74) is 1.03. The number of halogens is 1. The van der Waals surface area contributed by atoms with Crippen LogP contribution in [0.1, 0.15) is 15.2 Å². The number of nitrogens with zero attached hydrogens (tertiary/aromatic N) is 2. The summed E-state index contributed by atoms with van der Waals surface area (Å²) in [5.74, 6) is -1.60. The zero-order valence-corrected chi connectivity index (χ0v) is 15.3. The van der Waals surface area contributed by atoms with Gasteiger partial charge in [-0.3, -0.25) is 9.69 Å². The van der Waals surface area contributed by atoms with Gasteiger partial charge in [0.05, 0.1) is 6.07 Å².